The van der Waals surface area contributed by atoms with E-state index in [1.165, 1.54) is 12.1 Å². The number of fused-ring (bicyclic) bond motifs is 1. The monoisotopic (exact) mass is 328 g/mol. The van der Waals surface area contributed by atoms with Gasteiger partial charge in [-0.3, -0.25) is 0 Å². The predicted molar refractivity (Wildman–Crippen MR) is 81.0 cm³/mol. The smallest absolute Gasteiger partial charge is 0.295 e. The minimum Gasteiger partial charge on any atom is -0.337 e. The fourth-order valence-corrected chi connectivity index (χ4v) is 3.89. The third kappa shape index (κ3) is 2.34. The number of hydrogen-bond acceptors (Lipinski definition) is 3. The van der Waals surface area contributed by atoms with Crippen molar-refractivity contribution < 1.29 is 22.9 Å². The van der Waals surface area contributed by atoms with E-state index in [0.717, 1.165) is 0 Å². The van der Waals surface area contributed by atoms with E-state index in [-0.39, 0.29) is 11.3 Å². The summed E-state index contributed by atoms with van der Waals surface area (Å²) in [4.78, 5) is 10.1. The highest BCUT2D eigenvalue weighted by Gasteiger charge is 2.60. The first-order valence-electron chi connectivity index (χ1n) is 7.02. The summed E-state index contributed by atoms with van der Waals surface area (Å²) in [5.74, 6) is -2.91. The van der Waals surface area contributed by atoms with Crippen LogP contribution in [0.2, 0.25) is 0 Å². The van der Waals surface area contributed by atoms with Gasteiger partial charge in [-0.05, 0) is 18.4 Å². The summed E-state index contributed by atoms with van der Waals surface area (Å²) in [6.07, 6.45) is -0.459. The zero-order valence-corrected chi connectivity index (χ0v) is 12.8. The second-order valence-corrected chi connectivity index (χ2v) is 6.30. The first-order valence-corrected chi connectivity index (χ1v) is 8.00. The molecule has 1 heterocycles. The molecule has 2 aromatic carbocycles. The van der Waals surface area contributed by atoms with Gasteiger partial charge in [0.05, 0.1) is 6.61 Å². The molecule has 6 heteroatoms. The molecule has 0 aliphatic carbocycles. The molecule has 0 N–H and O–H groups in total. The topological polar surface area (TPSA) is 18.5 Å². The average molecular weight is 328 g/mol. The Balaban J connectivity index is 2.16. The van der Waals surface area contributed by atoms with Crippen LogP contribution < -0.4 is 4.89 Å². The molecule has 0 radical (unpaired) electrons. The Morgan fingerprint density at radius 2 is 1.82 bits per heavy atom. The van der Waals surface area contributed by atoms with Crippen LogP contribution in [0.15, 0.2) is 36.4 Å². The van der Waals surface area contributed by atoms with E-state index >= 15 is 4.39 Å². The van der Waals surface area contributed by atoms with Gasteiger partial charge in [-0.15, -0.1) is 11.8 Å². The molecule has 0 saturated carbocycles. The fraction of sp³-hybridized carbons (Fsp3) is 0.375. The van der Waals surface area contributed by atoms with Gasteiger partial charge in [0.2, 0.25) is 5.00 Å². The largest absolute Gasteiger partial charge is 0.337 e. The van der Waals surface area contributed by atoms with E-state index in [4.69, 9.17) is 9.78 Å². The molecule has 0 amide bonds. The van der Waals surface area contributed by atoms with E-state index in [1.54, 1.807) is 31.2 Å². The van der Waals surface area contributed by atoms with Crippen molar-refractivity contribution in [3.8, 4) is 5.75 Å². The maximum absolute atomic E-state index is 15.1. The molecule has 1 atom stereocenters. The van der Waals surface area contributed by atoms with Gasteiger partial charge in [0.15, 0.2) is 5.75 Å². The van der Waals surface area contributed by atoms with Gasteiger partial charge in [-0.25, -0.2) is 13.2 Å². The van der Waals surface area contributed by atoms with E-state index in [9.17, 15) is 8.78 Å². The quantitative estimate of drug-likeness (QED) is 0.577. The summed E-state index contributed by atoms with van der Waals surface area (Å²) in [6.45, 7) is 2.11. The molecule has 118 valence electrons. The van der Waals surface area contributed by atoms with Gasteiger partial charge in [-0.1, -0.05) is 30.3 Å². The predicted octanol–water partition coefficient (Wildman–Crippen LogP) is 5.06. The molecule has 1 aliphatic rings. The van der Waals surface area contributed by atoms with Crippen molar-refractivity contribution in [1.29, 1.82) is 0 Å². The molecule has 2 nitrogen and oxygen atoms in total. The van der Waals surface area contributed by atoms with Gasteiger partial charge in [-0.2, -0.15) is 4.89 Å². The molecule has 1 saturated heterocycles. The second kappa shape index (κ2) is 5.66. The standard InChI is InChI=1S/C16H15F3O2S/c1-2-20-21-14-8-7-13(11-5-3-4-6-12(11)14)16(19)15(17,18)9-10-22-16/h3-8H,2,9-10H2,1H3. The van der Waals surface area contributed by atoms with Crippen molar-refractivity contribution in [2.24, 2.45) is 0 Å². The van der Waals surface area contributed by atoms with E-state index < -0.39 is 17.3 Å². The normalized spacial score (nSPS) is 23.8. The minimum absolute atomic E-state index is 0.0144. The molecule has 0 aromatic heterocycles. The lowest BCUT2D eigenvalue weighted by molar-refractivity contribution is -0.200. The molecule has 0 spiro atoms. The number of rotatable bonds is 4. The Labute approximate surface area is 130 Å². The lowest BCUT2D eigenvalue weighted by Gasteiger charge is -2.27. The van der Waals surface area contributed by atoms with Crippen LogP contribution in [-0.4, -0.2) is 18.3 Å². The number of thioether (sulfide) groups is 1. The van der Waals surface area contributed by atoms with Crippen LogP contribution in [0.25, 0.3) is 10.8 Å². The van der Waals surface area contributed by atoms with Crippen molar-refractivity contribution >= 4 is 22.5 Å². The lowest BCUT2D eigenvalue weighted by atomic mass is 9.96. The minimum atomic E-state index is -3.39. The fourth-order valence-electron chi connectivity index (χ4n) is 2.61. The summed E-state index contributed by atoms with van der Waals surface area (Å²) in [6, 6.07) is 9.60. The number of alkyl halides is 3. The first kappa shape index (κ1) is 15.5. The first-order chi connectivity index (χ1) is 10.5. The molecular formula is C16H15F3O2S. The summed E-state index contributed by atoms with van der Waals surface area (Å²) >= 11 is 0.655. The second-order valence-electron chi connectivity index (χ2n) is 5.04. The van der Waals surface area contributed by atoms with Crippen LogP contribution in [0.4, 0.5) is 13.2 Å². The lowest BCUT2D eigenvalue weighted by Crippen LogP contribution is -2.34. The number of hydrogen-bond donors (Lipinski definition) is 0. The van der Waals surface area contributed by atoms with Crippen molar-refractivity contribution in [1.82, 2.24) is 0 Å². The van der Waals surface area contributed by atoms with Gasteiger partial charge in [0.25, 0.3) is 5.92 Å². The summed E-state index contributed by atoms with van der Waals surface area (Å²) in [5, 5.41) is -1.75. The summed E-state index contributed by atoms with van der Waals surface area (Å²) in [7, 11) is 0. The Bertz CT molecular complexity index is 692. The molecule has 0 bridgehead atoms. The molecular weight excluding hydrogens is 313 g/mol. The van der Waals surface area contributed by atoms with Crippen molar-refractivity contribution in [2.45, 2.75) is 24.3 Å². The average Bonchev–Trinajstić information content (AvgIpc) is 2.79. The van der Waals surface area contributed by atoms with Crippen molar-refractivity contribution in [2.75, 3.05) is 12.4 Å². The Morgan fingerprint density at radius 1 is 1.09 bits per heavy atom. The van der Waals surface area contributed by atoms with Crippen LogP contribution >= 0.6 is 11.8 Å². The molecule has 3 rings (SSSR count). The molecule has 2 aromatic rings. The van der Waals surface area contributed by atoms with E-state index in [2.05, 4.69) is 0 Å². The number of halogens is 3. The molecule has 1 fully saturated rings. The van der Waals surface area contributed by atoms with E-state index in [1.807, 2.05) is 0 Å². The van der Waals surface area contributed by atoms with Crippen molar-refractivity contribution in [3.05, 3.63) is 42.0 Å². The van der Waals surface area contributed by atoms with Crippen LogP contribution in [0.5, 0.6) is 5.75 Å². The van der Waals surface area contributed by atoms with Crippen LogP contribution in [0.3, 0.4) is 0 Å². The summed E-state index contributed by atoms with van der Waals surface area (Å²) in [5.41, 5.74) is -0.0144. The van der Waals surface area contributed by atoms with E-state index in [0.29, 0.717) is 34.9 Å². The van der Waals surface area contributed by atoms with Crippen LogP contribution in [0.1, 0.15) is 18.9 Å². The maximum Gasteiger partial charge on any atom is 0.295 e. The molecule has 1 aliphatic heterocycles. The Kier molecular flexibility index (Phi) is 3.99. The highest BCUT2D eigenvalue weighted by molar-refractivity contribution is 8.00. The highest BCUT2D eigenvalue weighted by atomic mass is 32.2. The maximum atomic E-state index is 15.1. The zero-order chi connectivity index (χ0) is 15.8. The van der Waals surface area contributed by atoms with Crippen molar-refractivity contribution in [3.63, 3.8) is 0 Å². The highest BCUT2D eigenvalue weighted by Crippen LogP contribution is 2.58. The van der Waals surface area contributed by atoms with Crippen LogP contribution in [-0.2, 0) is 9.89 Å². The zero-order valence-electron chi connectivity index (χ0n) is 11.9. The SMILES string of the molecule is CCOOc1ccc(C2(F)SCCC2(F)F)c2ccccc12. The summed E-state index contributed by atoms with van der Waals surface area (Å²) < 4.78 is 43.2. The van der Waals surface area contributed by atoms with Gasteiger partial charge in [0, 0.05) is 23.1 Å². The third-order valence-corrected chi connectivity index (χ3v) is 5.01. The van der Waals surface area contributed by atoms with Gasteiger partial charge in [0.1, 0.15) is 0 Å². The van der Waals surface area contributed by atoms with Gasteiger partial charge < -0.3 is 4.89 Å². The Hall–Kier alpha value is -1.40. The number of benzene rings is 2. The van der Waals surface area contributed by atoms with Gasteiger partial charge >= 0.3 is 0 Å². The third-order valence-electron chi connectivity index (χ3n) is 3.68. The Morgan fingerprint density at radius 3 is 2.45 bits per heavy atom. The molecule has 1 unspecified atom stereocenters. The molecule has 22 heavy (non-hydrogen) atoms. The van der Waals surface area contributed by atoms with Crippen LogP contribution in [0, 0.1) is 0 Å².